The summed E-state index contributed by atoms with van der Waals surface area (Å²) in [7, 11) is 0. The summed E-state index contributed by atoms with van der Waals surface area (Å²) in [6, 6.07) is 0. The van der Waals surface area contributed by atoms with Gasteiger partial charge < -0.3 is 30.1 Å². The topological polar surface area (TPSA) is 137 Å². The summed E-state index contributed by atoms with van der Waals surface area (Å²) in [5.74, 6) is 0.414. The van der Waals surface area contributed by atoms with Gasteiger partial charge in [-0.25, -0.2) is 19.3 Å². The van der Waals surface area contributed by atoms with Gasteiger partial charge in [0.15, 0.2) is 28.9 Å². The third-order valence-electron chi connectivity index (χ3n) is 4.66. The number of anilines is 1. The molecule has 2 aromatic rings. The van der Waals surface area contributed by atoms with E-state index in [1.54, 1.807) is 4.90 Å². The second kappa shape index (κ2) is 5.81. The first-order valence-corrected chi connectivity index (χ1v) is 7.82. The number of alkyl halides is 1. The molecular weight excluding hydrogens is 337 g/mol. The highest BCUT2D eigenvalue weighted by Gasteiger charge is 2.46. The molecule has 2 aliphatic heterocycles. The molecule has 4 rings (SSSR count). The van der Waals surface area contributed by atoms with Gasteiger partial charge in [0.1, 0.15) is 24.6 Å². The summed E-state index contributed by atoms with van der Waals surface area (Å²) in [6.07, 6.45) is -1.70. The van der Waals surface area contributed by atoms with Crippen LogP contribution in [0.15, 0.2) is 12.7 Å². The Labute approximate surface area is 141 Å². The van der Waals surface area contributed by atoms with Crippen LogP contribution in [-0.2, 0) is 4.74 Å². The number of imidazole rings is 1. The standard InChI is InChI=1S/C14H18FN5O5/c15-14(4-22)2-19(3-14)11-8-12(17-5-16-11)20(6-18-8)13-10(24)9(23)7(1-21)25-13/h5-7,9-10,13,21-24H,1-4H2/t7-,9-,10-,13-/m1/s1. The van der Waals surface area contributed by atoms with Gasteiger partial charge in [-0.15, -0.1) is 0 Å². The Morgan fingerprint density at radius 2 is 1.96 bits per heavy atom. The number of fused-ring (bicyclic) bond motifs is 1. The minimum Gasteiger partial charge on any atom is -0.394 e. The molecule has 0 bridgehead atoms. The highest BCUT2D eigenvalue weighted by molar-refractivity contribution is 5.84. The third kappa shape index (κ3) is 2.47. The summed E-state index contributed by atoms with van der Waals surface area (Å²) in [5, 5.41) is 38.3. The average Bonchev–Trinajstić information content (AvgIpc) is 3.14. The zero-order valence-corrected chi connectivity index (χ0v) is 13.1. The Bertz CT molecular complexity index is 782. The number of hydrogen-bond donors (Lipinski definition) is 4. The Balaban J connectivity index is 1.66. The molecule has 10 nitrogen and oxygen atoms in total. The number of hydrogen-bond acceptors (Lipinski definition) is 9. The molecule has 2 fully saturated rings. The quantitative estimate of drug-likeness (QED) is 0.489. The number of aliphatic hydroxyl groups excluding tert-OH is 4. The largest absolute Gasteiger partial charge is 0.394 e. The van der Waals surface area contributed by atoms with Crippen molar-refractivity contribution in [2.45, 2.75) is 30.2 Å². The van der Waals surface area contributed by atoms with Crippen molar-refractivity contribution in [1.29, 1.82) is 0 Å². The van der Waals surface area contributed by atoms with Gasteiger partial charge in [0, 0.05) is 0 Å². The molecule has 0 aliphatic carbocycles. The van der Waals surface area contributed by atoms with Crippen LogP contribution in [0.5, 0.6) is 0 Å². The van der Waals surface area contributed by atoms with Gasteiger partial charge in [-0.1, -0.05) is 0 Å². The van der Waals surface area contributed by atoms with Crippen molar-refractivity contribution in [3.8, 4) is 0 Å². The van der Waals surface area contributed by atoms with Crippen molar-refractivity contribution in [1.82, 2.24) is 19.5 Å². The second-order valence-electron chi connectivity index (χ2n) is 6.42. The molecule has 0 aromatic carbocycles. The summed E-state index contributed by atoms with van der Waals surface area (Å²) < 4.78 is 20.9. The van der Waals surface area contributed by atoms with Crippen molar-refractivity contribution in [2.75, 3.05) is 31.2 Å². The summed E-state index contributed by atoms with van der Waals surface area (Å²) >= 11 is 0. The Hall–Kier alpha value is -1.92. The number of aromatic nitrogens is 4. The van der Waals surface area contributed by atoms with Crippen LogP contribution in [0.2, 0.25) is 0 Å². The first kappa shape index (κ1) is 16.5. The van der Waals surface area contributed by atoms with Crippen molar-refractivity contribution in [3.63, 3.8) is 0 Å². The highest BCUT2D eigenvalue weighted by Crippen LogP contribution is 2.35. The molecule has 11 heteroatoms. The van der Waals surface area contributed by atoms with Gasteiger partial charge in [0.25, 0.3) is 0 Å². The van der Waals surface area contributed by atoms with E-state index in [2.05, 4.69) is 15.0 Å². The van der Waals surface area contributed by atoms with E-state index in [-0.39, 0.29) is 13.1 Å². The summed E-state index contributed by atoms with van der Waals surface area (Å²) in [4.78, 5) is 14.1. The van der Waals surface area contributed by atoms with Crippen molar-refractivity contribution in [3.05, 3.63) is 12.7 Å². The number of halogens is 1. The zero-order valence-electron chi connectivity index (χ0n) is 13.1. The highest BCUT2D eigenvalue weighted by atomic mass is 19.1. The molecule has 0 unspecified atom stereocenters. The normalized spacial score (nSPS) is 31.5. The van der Waals surface area contributed by atoms with Crippen LogP contribution >= 0.6 is 0 Å². The molecular formula is C14H18FN5O5. The maximum Gasteiger partial charge on any atom is 0.168 e. The predicted octanol–water partition coefficient (Wildman–Crippen LogP) is -2.04. The minimum atomic E-state index is -1.65. The van der Waals surface area contributed by atoms with E-state index in [4.69, 9.17) is 9.84 Å². The van der Waals surface area contributed by atoms with E-state index in [9.17, 15) is 19.7 Å². The van der Waals surface area contributed by atoms with Gasteiger partial charge in [0.05, 0.1) is 32.6 Å². The van der Waals surface area contributed by atoms with Crippen LogP contribution in [0.25, 0.3) is 11.2 Å². The molecule has 2 saturated heterocycles. The summed E-state index contributed by atoms with van der Waals surface area (Å²) in [6.45, 7) is -1.00. The average molecular weight is 355 g/mol. The number of aliphatic hydroxyl groups is 4. The molecule has 4 atom stereocenters. The second-order valence-corrected chi connectivity index (χ2v) is 6.42. The molecule has 0 spiro atoms. The molecule has 0 saturated carbocycles. The van der Waals surface area contributed by atoms with Crippen molar-refractivity contribution in [2.24, 2.45) is 0 Å². The summed E-state index contributed by atoms with van der Waals surface area (Å²) in [5.41, 5.74) is -0.913. The first-order chi connectivity index (χ1) is 12.0. The van der Waals surface area contributed by atoms with Gasteiger partial charge in [-0.05, 0) is 0 Å². The Morgan fingerprint density at radius 1 is 1.20 bits per heavy atom. The molecule has 25 heavy (non-hydrogen) atoms. The van der Waals surface area contributed by atoms with Crippen molar-refractivity contribution < 1.29 is 29.6 Å². The van der Waals surface area contributed by atoms with Gasteiger partial charge in [0.2, 0.25) is 0 Å². The fourth-order valence-electron chi connectivity index (χ4n) is 3.25. The fourth-order valence-corrected chi connectivity index (χ4v) is 3.25. The minimum absolute atomic E-state index is 0.00364. The van der Waals surface area contributed by atoms with Crippen molar-refractivity contribution >= 4 is 17.0 Å². The number of nitrogens with zero attached hydrogens (tertiary/aromatic N) is 5. The lowest BCUT2D eigenvalue weighted by Gasteiger charge is -2.43. The monoisotopic (exact) mass is 355 g/mol. The maximum atomic E-state index is 13.9. The molecule has 4 heterocycles. The zero-order chi connectivity index (χ0) is 17.8. The maximum absolute atomic E-state index is 13.9. The Morgan fingerprint density at radius 3 is 2.60 bits per heavy atom. The lowest BCUT2D eigenvalue weighted by molar-refractivity contribution is -0.0511. The van der Waals surface area contributed by atoms with E-state index in [1.807, 2.05) is 0 Å². The lowest BCUT2D eigenvalue weighted by Crippen LogP contribution is -2.61. The van der Waals surface area contributed by atoms with Crippen LogP contribution in [0.4, 0.5) is 10.2 Å². The number of ether oxygens (including phenoxy) is 1. The first-order valence-electron chi connectivity index (χ1n) is 7.82. The molecule has 136 valence electrons. The lowest BCUT2D eigenvalue weighted by atomic mass is 9.97. The fraction of sp³-hybridized carbons (Fsp3) is 0.643. The van der Waals surface area contributed by atoms with Crippen LogP contribution in [0.1, 0.15) is 6.23 Å². The van der Waals surface area contributed by atoms with Crippen LogP contribution < -0.4 is 4.90 Å². The predicted molar refractivity (Wildman–Crippen MR) is 81.5 cm³/mol. The van der Waals surface area contributed by atoms with Crippen LogP contribution in [0, 0.1) is 0 Å². The van der Waals surface area contributed by atoms with E-state index in [1.165, 1.54) is 17.2 Å². The molecule has 2 aromatic heterocycles. The molecule has 0 amide bonds. The van der Waals surface area contributed by atoms with Gasteiger partial charge in [-0.3, -0.25) is 4.57 Å². The molecule has 2 aliphatic rings. The van der Waals surface area contributed by atoms with Crippen LogP contribution in [-0.4, -0.2) is 90.2 Å². The van der Waals surface area contributed by atoms with E-state index in [0.717, 1.165) is 0 Å². The Kier molecular flexibility index (Phi) is 3.85. The SMILES string of the molecule is OC[C@H]1O[C@@H](n2cnc3c(N4CC(F)(CO)C4)ncnc32)[C@H](O)[C@@H]1O. The van der Waals surface area contributed by atoms with E-state index < -0.39 is 43.4 Å². The van der Waals surface area contributed by atoms with E-state index >= 15 is 0 Å². The smallest absolute Gasteiger partial charge is 0.168 e. The van der Waals surface area contributed by atoms with Gasteiger partial charge in [-0.2, -0.15) is 0 Å². The molecule has 0 radical (unpaired) electrons. The van der Waals surface area contributed by atoms with E-state index in [0.29, 0.717) is 17.0 Å². The number of rotatable bonds is 4. The van der Waals surface area contributed by atoms with Gasteiger partial charge >= 0.3 is 0 Å². The van der Waals surface area contributed by atoms with Crippen LogP contribution in [0.3, 0.4) is 0 Å². The third-order valence-corrected chi connectivity index (χ3v) is 4.66. The molecule has 4 N–H and O–H groups in total.